The third-order valence-corrected chi connectivity index (χ3v) is 2.40. The van der Waals surface area contributed by atoms with Gasteiger partial charge in [-0.2, -0.15) is 0 Å². The molecule has 0 saturated carbocycles. The Hall–Kier alpha value is -1.95. The van der Waals surface area contributed by atoms with Crippen molar-refractivity contribution < 1.29 is 14.7 Å². The zero-order valence-corrected chi connectivity index (χ0v) is 9.73. The summed E-state index contributed by atoms with van der Waals surface area (Å²) >= 11 is 0. The summed E-state index contributed by atoms with van der Waals surface area (Å²) in [6.07, 6.45) is 1.27. The molecule has 0 spiro atoms. The standard InChI is InChI=1S/C11H15N3O3/c1-11(2,10(12)17)14-6-8-4-3-7(5-13-8)9(15)16/h3-5,14H,6H2,1-2H3,(H2,12,17)(H,15,16). The van der Waals surface area contributed by atoms with Gasteiger partial charge in [0.05, 0.1) is 16.8 Å². The van der Waals surface area contributed by atoms with E-state index >= 15 is 0 Å². The third kappa shape index (κ3) is 3.53. The summed E-state index contributed by atoms with van der Waals surface area (Å²) in [6, 6.07) is 3.05. The molecule has 0 atom stereocenters. The molecular weight excluding hydrogens is 222 g/mol. The molecule has 1 aromatic heterocycles. The number of nitrogens with two attached hydrogens (primary N) is 1. The molecule has 0 fully saturated rings. The Balaban J connectivity index is 2.65. The summed E-state index contributed by atoms with van der Waals surface area (Å²) in [6.45, 7) is 3.68. The molecule has 92 valence electrons. The van der Waals surface area contributed by atoms with Crippen molar-refractivity contribution in [1.82, 2.24) is 10.3 Å². The molecule has 17 heavy (non-hydrogen) atoms. The van der Waals surface area contributed by atoms with E-state index in [0.29, 0.717) is 12.2 Å². The fraction of sp³-hybridized carbons (Fsp3) is 0.364. The summed E-state index contributed by atoms with van der Waals surface area (Å²) in [7, 11) is 0. The van der Waals surface area contributed by atoms with E-state index < -0.39 is 17.4 Å². The number of pyridine rings is 1. The van der Waals surface area contributed by atoms with Crippen molar-refractivity contribution in [3.05, 3.63) is 29.6 Å². The van der Waals surface area contributed by atoms with Crippen LogP contribution in [-0.2, 0) is 11.3 Å². The van der Waals surface area contributed by atoms with Crippen LogP contribution in [0.2, 0.25) is 0 Å². The second kappa shape index (κ2) is 4.92. The smallest absolute Gasteiger partial charge is 0.337 e. The third-order valence-electron chi connectivity index (χ3n) is 2.40. The van der Waals surface area contributed by atoms with Crippen LogP contribution in [0.4, 0.5) is 0 Å². The van der Waals surface area contributed by atoms with Crippen LogP contribution in [0.25, 0.3) is 0 Å². The molecule has 1 rings (SSSR count). The molecule has 0 saturated heterocycles. The number of rotatable bonds is 5. The number of nitrogens with one attached hydrogen (secondary N) is 1. The van der Waals surface area contributed by atoms with E-state index in [1.54, 1.807) is 19.9 Å². The van der Waals surface area contributed by atoms with Gasteiger partial charge in [-0.15, -0.1) is 0 Å². The van der Waals surface area contributed by atoms with E-state index in [1.807, 2.05) is 0 Å². The molecule has 0 aliphatic rings. The van der Waals surface area contributed by atoms with Gasteiger partial charge in [-0.3, -0.25) is 15.1 Å². The molecule has 0 unspecified atom stereocenters. The minimum absolute atomic E-state index is 0.128. The SMILES string of the molecule is CC(C)(NCc1ccc(C(=O)O)cn1)C(N)=O. The first-order chi connectivity index (χ1) is 7.83. The molecular formula is C11H15N3O3. The van der Waals surface area contributed by atoms with Crippen molar-refractivity contribution in [2.24, 2.45) is 5.73 Å². The van der Waals surface area contributed by atoms with Gasteiger partial charge in [-0.05, 0) is 26.0 Å². The van der Waals surface area contributed by atoms with Crippen molar-refractivity contribution >= 4 is 11.9 Å². The number of aromatic nitrogens is 1. The quantitative estimate of drug-likeness (QED) is 0.675. The summed E-state index contributed by atoms with van der Waals surface area (Å²) in [4.78, 5) is 25.6. The van der Waals surface area contributed by atoms with Crippen LogP contribution < -0.4 is 11.1 Å². The fourth-order valence-corrected chi connectivity index (χ4v) is 1.05. The first-order valence-corrected chi connectivity index (χ1v) is 5.06. The predicted molar refractivity (Wildman–Crippen MR) is 61.3 cm³/mol. The molecule has 6 nitrogen and oxygen atoms in total. The number of carboxylic acid groups (broad SMARTS) is 1. The van der Waals surface area contributed by atoms with E-state index in [2.05, 4.69) is 10.3 Å². The van der Waals surface area contributed by atoms with Gasteiger partial charge in [-0.25, -0.2) is 4.79 Å². The molecule has 0 radical (unpaired) electrons. The highest BCUT2D eigenvalue weighted by Gasteiger charge is 2.23. The van der Waals surface area contributed by atoms with Gasteiger partial charge in [0.15, 0.2) is 0 Å². The topological polar surface area (TPSA) is 105 Å². The van der Waals surface area contributed by atoms with Gasteiger partial charge in [-0.1, -0.05) is 0 Å². The van der Waals surface area contributed by atoms with E-state index in [4.69, 9.17) is 10.8 Å². The minimum atomic E-state index is -1.02. The monoisotopic (exact) mass is 237 g/mol. The van der Waals surface area contributed by atoms with Gasteiger partial charge in [0.1, 0.15) is 0 Å². The van der Waals surface area contributed by atoms with Crippen LogP contribution in [0.3, 0.4) is 0 Å². The van der Waals surface area contributed by atoms with Gasteiger partial charge in [0, 0.05) is 12.7 Å². The molecule has 6 heteroatoms. The first-order valence-electron chi connectivity index (χ1n) is 5.06. The Morgan fingerprint density at radius 3 is 2.53 bits per heavy atom. The Bertz CT molecular complexity index is 426. The molecule has 1 amide bonds. The summed E-state index contributed by atoms with van der Waals surface area (Å²) in [5.74, 6) is -1.48. The number of hydrogen-bond acceptors (Lipinski definition) is 4. The zero-order chi connectivity index (χ0) is 13.1. The molecule has 1 aromatic rings. The molecule has 1 heterocycles. The number of nitrogens with zero attached hydrogens (tertiary/aromatic N) is 1. The number of amides is 1. The van der Waals surface area contributed by atoms with E-state index in [9.17, 15) is 9.59 Å². The van der Waals surface area contributed by atoms with E-state index in [0.717, 1.165) is 0 Å². The number of primary amides is 1. The molecule has 0 bridgehead atoms. The lowest BCUT2D eigenvalue weighted by Gasteiger charge is -2.21. The second-order valence-corrected chi connectivity index (χ2v) is 4.19. The van der Waals surface area contributed by atoms with Crippen molar-refractivity contribution in [2.75, 3.05) is 0 Å². The average Bonchev–Trinajstić information content (AvgIpc) is 2.27. The maximum Gasteiger partial charge on any atom is 0.337 e. The Morgan fingerprint density at radius 1 is 1.47 bits per heavy atom. The van der Waals surface area contributed by atoms with Crippen molar-refractivity contribution in [3.8, 4) is 0 Å². The van der Waals surface area contributed by atoms with Gasteiger partial charge >= 0.3 is 5.97 Å². The maximum atomic E-state index is 11.0. The van der Waals surface area contributed by atoms with Crippen molar-refractivity contribution in [1.29, 1.82) is 0 Å². The number of aromatic carboxylic acids is 1. The van der Waals surface area contributed by atoms with E-state index in [-0.39, 0.29) is 5.56 Å². The zero-order valence-electron chi connectivity index (χ0n) is 9.73. The highest BCUT2D eigenvalue weighted by Crippen LogP contribution is 2.04. The molecule has 0 aromatic carbocycles. The lowest BCUT2D eigenvalue weighted by atomic mass is 10.1. The Morgan fingerprint density at radius 2 is 2.12 bits per heavy atom. The van der Waals surface area contributed by atoms with Crippen molar-refractivity contribution in [3.63, 3.8) is 0 Å². The lowest BCUT2D eigenvalue weighted by molar-refractivity contribution is -0.123. The van der Waals surface area contributed by atoms with Crippen LogP contribution >= 0.6 is 0 Å². The average molecular weight is 237 g/mol. The van der Waals surface area contributed by atoms with Gasteiger partial charge in [0.25, 0.3) is 0 Å². The van der Waals surface area contributed by atoms with E-state index in [1.165, 1.54) is 12.3 Å². The number of carbonyl (C=O) groups excluding carboxylic acids is 1. The minimum Gasteiger partial charge on any atom is -0.478 e. The lowest BCUT2D eigenvalue weighted by Crippen LogP contribution is -2.50. The van der Waals surface area contributed by atoms with Crippen molar-refractivity contribution in [2.45, 2.75) is 25.9 Å². The summed E-state index contributed by atoms with van der Waals surface area (Å²) < 4.78 is 0. The predicted octanol–water partition coefficient (Wildman–Crippen LogP) is 0.133. The largest absolute Gasteiger partial charge is 0.478 e. The summed E-state index contributed by atoms with van der Waals surface area (Å²) in [5, 5.41) is 11.6. The van der Waals surface area contributed by atoms with Crippen LogP contribution in [0.1, 0.15) is 29.9 Å². The van der Waals surface area contributed by atoms with Gasteiger partial charge in [0.2, 0.25) is 5.91 Å². The normalized spacial score (nSPS) is 11.2. The second-order valence-electron chi connectivity index (χ2n) is 4.19. The molecule has 4 N–H and O–H groups in total. The van der Waals surface area contributed by atoms with Crippen LogP contribution in [0, 0.1) is 0 Å². The Kier molecular flexibility index (Phi) is 3.80. The maximum absolute atomic E-state index is 11.0. The summed E-state index contributed by atoms with van der Waals surface area (Å²) in [5.41, 5.74) is 5.14. The molecule has 0 aliphatic carbocycles. The highest BCUT2D eigenvalue weighted by molar-refractivity contribution is 5.87. The van der Waals surface area contributed by atoms with Gasteiger partial charge < -0.3 is 10.8 Å². The van der Waals surface area contributed by atoms with Crippen LogP contribution in [0.15, 0.2) is 18.3 Å². The number of carbonyl (C=O) groups is 2. The number of carboxylic acids is 1. The highest BCUT2D eigenvalue weighted by atomic mass is 16.4. The van der Waals surface area contributed by atoms with Crippen LogP contribution in [-0.4, -0.2) is 27.5 Å². The van der Waals surface area contributed by atoms with Crippen LogP contribution in [0.5, 0.6) is 0 Å². The fourth-order valence-electron chi connectivity index (χ4n) is 1.05. The number of hydrogen-bond donors (Lipinski definition) is 3. The molecule has 0 aliphatic heterocycles. The first kappa shape index (κ1) is 13.1. The Labute approximate surface area is 98.8 Å².